The van der Waals surface area contributed by atoms with Crippen molar-refractivity contribution in [1.29, 1.82) is 0 Å². The second-order valence-electron chi connectivity index (χ2n) is 3.16. The third-order valence-electron chi connectivity index (χ3n) is 1.99. The molecule has 2 heterocycles. The summed E-state index contributed by atoms with van der Waals surface area (Å²) < 4.78 is 6.09. The first-order valence-electron chi connectivity index (χ1n) is 4.60. The molecule has 2 N–H and O–H groups in total. The lowest BCUT2D eigenvalue weighted by Gasteiger charge is -1.98. The summed E-state index contributed by atoms with van der Waals surface area (Å²) in [5.41, 5.74) is -0.428. The van der Waals surface area contributed by atoms with Gasteiger partial charge in [0.15, 0.2) is 0 Å². The molecule has 0 bridgehead atoms. The van der Waals surface area contributed by atoms with E-state index in [0.29, 0.717) is 5.76 Å². The van der Waals surface area contributed by atoms with Gasteiger partial charge in [0.2, 0.25) is 5.82 Å². The van der Waals surface area contributed by atoms with Crippen LogP contribution in [-0.4, -0.2) is 20.7 Å². The summed E-state index contributed by atoms with van der Waals surface area (Å²) in [5.74, 6) is 0.166. The van der Waals surface area contributed by atoms with Gasteiger partial charge in [-0.1, -0.05) is 0 Å². The van der Waals surface area contributed by atoms with E-state index in [2.05, 4.69) is 15.4 Å². The van der Waals surface area contributed by atoms with Crippen molar-refractivity contribution >= 4 is 5.91 Å². The van der Waals surface area contributed by atoms with E-state index in [4.69, 9.17) is 4.42 Å². The van der Waals surface area contributed by atoms with Crippen LogP contribution in [0.15, 0.2) is 27.6 Å². The van der Waals surface area contributed by atoms with E-state index in [0.717, 1.165) is 4.68 Å². The van der Waals surface area contributed by atoms with Crippen LogP contribution in [0.4, 0.5) is 0 Å². The van der Waals surface area contributed by atoms with Gasteiger partial charge in [0.1, 0.15) is 5.76 Å². The van der Waals surface area contributed by atoms with Gasteiger partial charge in [-0.25, -0.2) is 9.48 Å². The first kappa shape index (κ1) is 10.2. The molecule has 2 rings (SSSR count). The molecule has 0 aliphatic carbocycles. The summed E-state index contributed by atoms with van der Waals surface area (Å²) in [4.78, 5) is 24.9. The molecule has 0 aliphatic rings. The molecule has 0 aromatic carbocycles. The van der Waals surface area contributed by atoms with E-state index in [9.17, 15) is 9.59 Å². The molecule has 0 unspecified atom stereocenters. The number of hydrogen-bond acceptors (Lipinski definition) is 4. The maximum atomic E-state index is 11.5. The SMILES string of the molecule is Cn1nc(C(=O)NCc2ccco2)[nH]c1=O. The van der Waals surface area contributed by atoms with E-state index in [-0.39, 0.29) is 12.4 Å². The van der Waals surface area contributed by atoms with Gasteiger partial charge < -0.3 is 9.73 Å². The summed E-state index contributed by atoms with van der Waals surface area (Å²) in [6, 6.07) is 3.46. The van der Waals surface area contributed by atoms with Crippen molar-refractivity contribution in [3.8, 4) is 0 Å². The van der Waals surface area contributed by atoms with E-state index in [1.165, 1.54) is 13.3 Å². The number of rotatable bonds is 3. The zero-order valence-corrected chi connectivity index (χ0v) is 8.56. The molecule has 0 spiro atoms. The fourth-order valence-corrected chi connectivity index (χ4v) is 1.17. The number of aromatic nitrogens is 3. The van der Waals surface area contributed by atoms with Gasteiger partial charge in [0, 0.05) is 7.05 Å². The summed E-state index contributed by atoms with van der Waals surface area (Å²) in [6.07, 6.45) is 1.52. The Kier molecular flexibility index (Phi) is 2.59. The van der Waals surface area contributed by atoms with Gasteiger partial charge in [0.05, 0.1) is 12.8 Å². The van der Waals surface area contributed by atoms with E-state index < -0.39 is 11.6 Å². The minimum atomic E-state index is -0.450. The molecule has 2 aromatic heterocycles. The Morgan fingerprint density at radius 1 is 1.69 bits per heavy atom. The molecule has 7 nitrogen and oxygen atoms in total. The molecule has 0 aliphatic heterocycles. The Hall–Kier alpha value is -2.31. The number of nitrogens with zero attached hydrogens (tertiary/aromatic N) is 2. The standard InChI is InChI=1S/C9H10N4O3/c1-13-9(15)11-7(12-13)8(14)10-5-6-3-2-4-16-6/h2-4H,5H2,1H3,(H,10,14)(H,11,12,15). The zero-order chi connectivity index (χ0) is 11.5. The van der Waals surface area contributed by atoms with Crippen molar-refractivity contribution in [2.75, 3.05) is 0 Å². The molecule has 16 heavy (non-hydrogen) atoms. The Bertz CT molecular complexity index is 537. The highest BCUT2D eigenvalue weighted by Crippen LogP contribution is 1.98. The van der Waals surface area contributed by atoms with Crippen LogP contribution < -0.4 is 11.0 Å². The smallest absolute Gasteiger partial charge is 0.343 e. The molecule has 0 saturated carbocycles. The van der Waals surface area contributed by atoms with E-state index >= 15 is 0 Å². The molecule has 2 aromatic rings. The summed E-state index contributed by atoms with van der Waals surface area (Å²) in [7, 11) is 1.46. The quantitative estimate of drug-likeness (QED) is 0.741. The highest BCUT2D eigenvalue weighted by molar-refractivity contribution is 5.90. The van der Waals surface area contributed by atoms with Crippen LogP contribution in [0, 0.1) is 0 Å². The Morgan fingerprint density at radius 3 is 3.06 bits per heavy atom. The van der Waals surface area contributed by atoms with Gasteiger partial charge in [-0.3, -0.25) is 9.78 Å². The number of H-pyrrole nitrogens is 1. The minimum absolute atomic E-state index is 0.0148. The minimum Gasteiger partial charge on any atom is -0.467 e. The number of nitrogens with one attached hydrogen (secondary N) is 2. The van der Waals surface area contributed by atoms with Gasteiger partial charge in [-0.05, 0) is 12.1 Å². The average molecular weight is 222 g/mol. The molecular formula is C9H10N4O3. The van der Waals surface area contributed by atoms with E-state index in [1.54, 1.807) is 12.1 Å². The number of aromatic amines is 1. The van der Waals surface area contributed by atoms with E-state index in [1.807, 2.05) is 0 Å². The first-order chi connectivity index (χ1) is 7.66. The second-order valence-corrected chi connectivity index (χ2v) is 3.16. The number of hydrogen-bond donors (Lipinski definition) is 2. The molecule has 0 fully saturated rings. The lowest BCUT2D eigenvalue weighted by atomic mass is 10.4. The largest absolute Gasteiger partial charge is 0.467 e. The van der Waals surface area contributed by atoms with Crippen LogP contribution in [0.2, 0.25) is 0 Å². The molecule has 0 atom stereocenters. The summed E-state index contributed by atoms with van der Waals surface area (Å²) >= 11 is 0. The fourth-order valence-electron chi connectivity index (χ4n) is 1.17. The maximum Gasteiger partial charge on any atom is 0.343 e. The predicted octanol–water partition coefficient (Wildman–Crippen LogP) is -0.369. The molecule has 0 radical (unpaired) electrons. The van der Waals surface area contributed by atoms with Crippen LogP contribution in [0.5, 0.6) is 0 Å². The highest BCUT2D eigenvalue weighted by atomic mass is 16.3. The van der Waals surface area contributed by atoms with Crippen molar-refractivity contribution in [1.82, 2.24) is 20.1 Å². The van der Waals surface area contributed by atoms with Gasteiger partial charge in [-0.15, -0.1) is 5.10 Å². The van der Waals surface area contributed by atoms with Crippen molar-refractivity contribution in [3.63, 3.8) is 0 Å². The van der Waals surface area contributed by atoms with Gasteiger partial charge >= 0.3 is 5.69 Å². The van der Waals surface area contributed by atoms with Crippen molar-refractivity contribution in [3.05, 3.63) is 40.5 Å². The number of furan rings is 1. The summed E-state index contributed by atoms with van der Waals surface area (Å²) in [5, 5.41) is 6.28. The fraction of sp³-hybridized carbons (Fsp3) is 0.222. The number of carbonyl (C=O) groups is 1. The van der Waals surface area contributed by atoms with Gasteiger partial charge in [0.25, 0.3) is 5.91 Å². The lowest BCUT2D eigenvalue weighted by molar-refractivity contribution is 0.0937. The molecule has 84 valence electrons. The highest BCUT2D eigenvalue weighted by Gasteiger charge is 2.11. The number of carbonyl (C=O) groups excluding carboxylic acids is 1. The van der Waals surface area contributed by atoms with Crippen LogP contribution in [0.25, 0.3) is 0 Å². The topological polar surface area (TPSA) is 92.9 Å². The molecule has 7 heteroatoms. The second kappa shape index (κ2) is 4.05. The van der Waals surface area contributed by atoms with Crippen LogP contribution >= 0.6 is 0 Å². The Balaban J connectivity index is 2.01. The Morgan fingerprint density at radius 2 is 2.50 bits per heavy atom. The molecular weight excluding hydrogens is 212 g/mol. The number of aryl methyl sites for hydroxylation is 1. The summed E-state index contributed by atoms with van der Waals surface area (Å²) in [6.45, 7) is 0.254. The normalized spacial score (nSPS) is 10.3. The lowest BCUT2D eigenvalue weighted by Crippen LogP contribution is -2.24. The van der Waals surface area contributed by atoms with Crippen LogP contribution in [0.1, 0.15) is 16.4 Å². The predicted molar refractivity (Wildman–Crippen MR) is 53.7 cm³/mol. The average Bonchev–Trinajstić information content (AvgIpc) is 2.86. The van der Waals surface area contributed by atoms with Crippen molar-refractivity contribution < 1.29 is 9.21 Å². The van der Waals surface area contributed by atoms with Crippen LogP contribution in [0.3, 0.4) is 0 Å². The van der Waals surface area contributed by atoms with Crippen molar-refractivity contribution in [2.45, 2.75) is 6.54 Å². The first-order valence-corrected chi connectivity index (χ1v) is 4.60. The van der Waals surface area contributed by atoms with Crippen LogP contribution in [-0.2, 0) is 13.6 Å². The Labute approximate surface area is 90.1 Å². The zero-order valence-electron chi connectivity index (χ0n) is 8.56. The monoisotopic (exact) mass is 222 g/mol. The third kappa shape index (κ3) is 2.02. The maximum absolute atomic E-state index is 11.5. The van der Waals surface area contributed by atoms with Gasteiger partial charge in [-0.2, -0.15) is 0 Å². The van der Waals surface area contributed by atoms with Crippen molar-refractivity contribution in [2.24, 2.45) is 7.05 Å². The molecule has 0 saturated heterocycles. The molecule has 1 amide bonds. The third-order valence-corrected chi connectivity index (χ3v) is 1.99. The number of amides is 1.